The molecule has 24 heavy (non-hydrogen) atoms. The summed E-state index contributed by atoms with van der Waals surface area (Å²) in [6.07, 6.45) is 1.61. The monoisotopic (exact) mass is 344 g/mol. The van der Waals surface area contributed by atoms with Crippen molar-refractivity contribution in [3.8, 4) is 0 Å². The van der Waals surface area contributed by atoms with Crippen molar-refractivity contribution in [2.45, 2.75) is 31.6 Å². The van der Waals surface area contributed by atoms with Gasteiger partial charge < -0.3 is 4.90 Å². The van der Waals surface area contributed by atoms with Gasteiger partial charge in [0.25, 0.3) is 10.0 Å². The van der Waals surface area contributed by atoms with Crippen LogP contribution in [0.1, 0.15) is 24.5 Å². The van der Waals surface area contributed by atoms with Crippen LogP contribution in [0.2, 0.25) is 0 Å². The number of anilines is 2. The number of rotatable bonds is 3. The highest BCUT2D eigenvalue weighted by atomic mass is 32.2. The molecule has 0 fully saturated rings. The number of aryl methyl sites for hydroxylation is 2. The first kappa shape index (κ1) is 16.5. The van der Waals surface area contributed by atoms with Gasteiger partial charge in [0.2, 0.25) is 5.91 Å². The molecule has 0 aromatic heterocycles. The summed E-state index contributed by atoms with van der Waals surface area (Å²) in [4.78, 5) is 13.6. The molecule has 1 heterocycles. The molecule has 1 aliphatic heterocycles. The van der Waals surface area contributed by atoms with Crippen molar-refractivity contribution in [2.24, 2.45) is 0 Å². The predicted octanol–water partition coefficient (Wildman–Crippen LogP) is 3.09. The summed E-state index contributed by atoms with van der Waals surface area (Å²) in [6.45, 7) is 4.11. The maximum absolute atomic E-state index is 12.6. The molecule has 5 nitrogen and oxygen atoms in total. The van der Waals surface area contributed by atoms with E-state index in [2.05, 4.69) is 4.72 Å². The molecule has 1 N–H and O–H groups in total. The summed E-state index contributed by atoms with van der Waals surface area (Å²) in [5, 5.41) is 0. The standard InChI is InChI=1S/C18H20N2O3S/c1-13-5-3-7-16(11-13)19-24(22,23)17-8-9-18-15(12-17)6-4-10-20(18)14(2)21/h3,5,7-9,11-12,19H,4,6,10H2,1-2H3. The third-order valence-electron chi connectivity index (χ3n) is 4.13. The number of carbonyl (C=O) groups is 1. The molecule has 3 rings (SSSR count). The van der Waals surface area contributed by atoms with Gasteiger partial charge in [-0.2, -0.15) is 0 Å². The van der Waals surface area contributed by atoms with E-state index in [1.807, 2.05) is 19.1 Å². The molecule has 0 saturated heterocycles. The number of nitrogens with one attached hydrogen (secondary N) is 1. The number of hydrogen-bond donors (Lipinski definition) is 1. The van der Waals surface area contributed by atoms with Crippen LogP contribution in [0.3, 0.4) is 0 Å². The molecule has 0 atom stereocenters. The zero-order valence-electron chi connectivity index (χ0n) is 13.7. The van der Waals surface area contributed by atoms with Gasteiger partial charge in [0.15, 0.2) is 0 Å². The van der Waals surface area contributed by atoms with E-state index >= 15 is 0 Å². The molecular formula is C18H20N2O3S. The Labute approximate surface area is 142 Å². The number of fused-ring (bicyclic) bond motifs is 1. The molecule has 0 unspecified atom stereocenters. The first-order valence-electron chi connectivity index (χ1n) is 7.87. The highest BCUT2D eigenvalue weighted by molar-refractivity contribution is 7.92. The van der Waals surface area contributed by atoms with Crippen LogP contribution < -0.4 is 9.62 Å². The van der Waals surface area contributed by atoms with Crippen LogP contribution in [0.15, 0.2) is 47.4 Å². The van der Waals surface area contributed by atoms with E-state index in [0.29, 0.717) is 12.2 Å². The third-order valence-corrected chi connectivity index (χ3v) is 5.51. The smallest absolute Gasteiger partial charge is 0.261 e. The van der Waals surface area contributed by atoms with Crippen molar-refractivity contribution in [1.29, 1.82) is 0 Å². The van der Waals surface area contributed by atoms with Crippen LogP contribution in [-0.4, -0.2) is 20.9 Å². The second kappa shape index (κ2) is 6.28. The largest absolute Gasteiger partial charge is 0.312 e. The van der Waals surface area contributed by atoms with Gasteiger partial charge in [-0.15, -0.1) is 0 Å². The highest BCUT2D eigenvalue weighted by Gasteiger charge is 2.23. The number of sulfonamides is 1. The van der Waals surface area contributed by atoms with Gasteiger partial charge in [-0.05, 0) is 61.2 Å². The summed E-state index contributed by atoms with van der Waals surface area (Å²) < 4.78 is 27.9. The lowest BCUT2D eigenvalue weighted by Crippen LogP contribution is -2.33. The van der Waals surface area contributed by atoms with Gasteiger partial charge in [0.05, 0.1) is 4.90 Å². The van der Waals surface area contributed by atoms with E-state index in [1.54, 1.807) is 35.2 Å². The summed E-state index contributed by atoms with van der Waals surface area (Å²) >= 11 is 0. The average molecular weight is 344 g/mol. The maximum atomic E-state index is 12.6. The Kier molecular flexibility index (Phi) is 4.32. The van der Waals surface area contributed by atoms with Gasteiger partial charge in [0, 0.05) is 24.8 Å². The molecule has 2 aromatic carbocycles. The molecule has 1 amide bonds. The molecule has 126 valence electrons. The Balaban J connectivity index is 1.93. The highest BCUT2D eigenvalue weighted by Crippen LogP contribution is 2.30. The SMILES string of the molecule is CC(=O)N1CCCc2cc(S(=O)(=O)Nc3cccc(C)c3)ccc21. The molecule has 2 aromatic rings. The van der Waals surface area contributed by atoms with Gasteiger partial charge in [-0.3, -0.25) is 9.52 Å². The Morgan fingerprint density at radius 3 is 2.67 bits per heavy atom. The van der Waals surface area contributed by atoms with Crippen LogP contribution in [0.5, 0.6) is 0 Å². The van der Waals surface area contributed by atoms with Crippen LogP contribution in [-0.2, 0) is 21.2 Å². The summed E-state index contributed by atoms with van der Waals surface area (Å²) in [6, 6.07) is 12.2. The fourth-order valence-corrected chi connectivity index (χ4v) is 4.09. The van der Waals surface area contributed by atoms with Gasteiger partial charge in [0.1, 0.15) is 0 Å². The Hall–Kier alpha value is -2.34. The van der Waals surface area contributed by atoms with Crippen molar-refractivity contribution >= 4 is 27.3 Å². The number of carbonyl (C=O) groups excluding carboxylic acids is 1. The molecule has 0 saturated carbocycles. The fourth-order valence-electron chi connectivity index (χ4n) is 2.99. The van der Waals surface area contributed by atoms with E-state index in [4.69, 9.17) is 0 Å². The van der Waals surface area contributed by atoms with Crippen molar-refractivity contribution < 1.29 is 13.2 Å². The molecule has 6 heteroatoms. The second-order valence-corrected chi connectivity index (χ2v) is 7.72. The second-order valence-electron chi connectivity index (χ2n) is 6.04. The zero-order valence-corrected chi connectivity index (χ0v) is 14.6. The normalized spacial score (nSPS) is 14.2. The lowest BCUT2D eigenvalue weighted by molar-refractivity contribution is -0.116. The van der Waals surface area contributed by atoms with E-state index in [9.17, 15) is 13.2 Å². The van der Waals surface area contributed by atoms with Gasteiger partial charge >= 0.3 is 0 Å². The third kappa shape index (κ3) is 3.28. The van der Waals surface area contributed by atoms with Crippen LogP contribution in [0.25, 0.3) is 0 Å². The average Bonchev–Trinajstić information content (AvgIpc) is 2.53. The van der Waals surface area contributed by atoms with Crippen molar-refractivity contribution in [3.05, 3.63) is 53.6 Å². The zero-order chi connectivity index (χ0) is 17.3. The number of nitrogens with zero attached hydrogens (tertiary/aromatic N) is 1. The summed E-state index contributed by atoms with van der Waals surface area (Å²) in [7, 11) is -3.65. The first-order chi connectivity index (χ1) is 11.4. The lowest BCUT2D eigenvalue weighted by atomic mass is 10.0. The molecular weight excluding hydrogens is 324 g/mol. The summed E-state index contributed by atoms with van der Waals surface area (Å²) in [5.41, 5.74) is 3.22. The number of amides is 1. The topological polar surface area (TPSA) is 66.5 Å². The van der Waals surface area contributed by atoms with Crippen molar-refractivity contribution in [3.63, 3.8) is 0 Å². The Morgan fingerprint density at radius 2 is 1.96 bits per heavy atom. The molecule has 1 aliphatic rings. The minimum atomic E-state index is -3.65. The molecule has 0 aliphatic carbocycles. The van der Waals surface area contributed by atoms with E-state index in [1.165, 1.54) is 6.92 Å². The Bertz CT molecular complexity index is 891. The van der Waals surface area contributed by atoms with Crippen molar-refractivity contribution in [1.82, 2.24) is 0 Å². The number of benzene rings is 2. The van der Waals surface area contributed by atoms with E-state index < -0.39 is 10.0 Å². The summed E-state index contributed by atoms with van der Waals surface area (Å²) in [5.74, 6) is -0.0237. The molecule has 0 radical (unpaired) electrons. The van der Waals surface area contributed by atoms with Crippen LogP contribution in [0.4, 0.5) is 11.4 Å². The number of hydrogen-bond acceptors (Lipinski definition) is 3. The van der Waals surface area contributed by atoms with Crippen LogP contribution >= 0.6 is 0 Å². The maximum Gasteiger partial charge on any atom is 0.261 e. The van der Waals surface area contributed by atoms with Crippen molar-refractivity contribution in [2.75, 3.05) is 16.2 Å². The quantitative estimate of drug-likeness (QED) is 0.930. The van der Waals surface area contributed by atoms with E-state index in [-0.39, 0.29) is 10.8 Å². The first-order valence-corrected chi connectivity index (χ1v) is 9.36. The molecule has 0 bridgehead atoms. The minimum absolute atomic E-state index is 0.0237. The Morgan fingerprint density at radius 1 is 1.17 bits per heavy atom. The minimum Gasteiger partial charge on any atom is -0.312 e. The lowest BCUT2D eigenvalue weighted by Gasteiger charge is -2.28. The molecule has 0 spiro atoms. The van der Waals surface area contributed by atoms with Crippen LogP contribution in [0, 0.1) is 6.92 Å². The van der Waals surface area contributed by atoms with Gasteiger partial charge in [-0.1, -0.05) is 12.1 Å². The van der Waals surface area contributed by atoms with E-state index in [0.717, 1.165) is 29.7 Å². The predicted molar refractivity (Wildman–Crippen MR) is 94.8 cm³/mol. The van der Waals surface area contributed by atoms with Gasteiger partial charge in [-0.25, -0.2) is 8.42 Å². The fraction of sp³-hybridized carbons (Fsp3) is 0.278.